The van der Waals surface area contributed by atoms with Gasteiger partial charge in [-0.05, 0) is 25.7 Å². The molecule has 1 saturated heterocycles. The summed E-state index contributed by atoms with van der Waals surface area (Å²) >= 11 is 0. The highest BCUT2D eigenvalue weighted by Crippen LogP contribution is 2.28. The molecule has 1 saturated carbocycles. The van der Waals surface area contributed by atoms with Gasteiger partial charge in [0.25, 0.3) is 0 Å². The summed E-state index contributed by atoms with van der Waals surface area (Å²) in [5, 5.41) is 0. The van der Waals surface area contributed by atoms with Crippen LogP contribution in [0.1, 0.15) is 25.7 Å². The lowest BCUT2D eigenvalue weighted by atomic mass is 9.89. The van der Waals surface area contributed by atoms with Gasteiger partial charge < -0.3 is 10.5 Å². The Balaban J connectivity index is 1.45. The molecule has 0 radical (unpaired) electrons. The molecule has 2 fully saturated rings. The largest absolute Gasteiger partial charge is 0.474 e. The second-order valence-electron chi connectivity index (χ2n) is 5.31. The van der Waals surface area contributed by atoms with Crippen LogP contribution in [0.5, 0.6) is 5.88 Å². The van der Waals surface area contributed by atoms with Crippen molar-refractivity contribution in [3.63, 3.8) is 0 Å². The van der Waals surface area contributed by atoms with Gasteiger partial charge in [-0.25, -0.2) is 9.97 Å². The lowest BCUT2D eigenvalue weighted by Crippen LogP contribution is -2.60. The smallest absolute Gasteiger partial charge is 0.216 e. The molecule has 1 aliphatic carbocycles. The molecule has 0 spiro atoms. The maximum absolute atomic E-state index is 5.86. The van der Waals surface area contributed by atoms with E-state index in [-0.39, 0.29) is 0 Å². The highest BCUT2D eigenvalue weighted by molar-refractivity contribution is 5.05. The lowest BCUT2D eigenvalue weighted by Gasteiger charge is -2.45. The van der Waals surface area contributed by atoms with Gasteiger partial charge in [-0.3, -0.25) is 4.90 Å². The second-order valence-corrected chi connectivity index (χ2v) is 5.31. The predicted molar refractivity (Wildman–Crippen MR) is 68.3 cm³/mol. The summed E-state index contributed by atoms with van der Waals surface area (Å²) in [5.41, 5.74) is 5.82. The van der Waals surface area contributed by atoms with Crippen molar-refractivity contribution in [2.24, 2.45) is 5.73 Å². The van der Waals surface area contributed by atoms with E-state index < -0.39 is 0 Å². The highest BCUT2D eigenvalue weighted by atomic mass is 16.5. The van der Waals surface area contributed by atoms with E-state index in [1.807, 2.05) is 6.07 Å². The molecule has 0 unspecified atom stereocenters. The molecule has 2 aliphatic rings. The SMILES string of the molecule is NC1CN(C2CCC(Oc3ccncn3)CC2)C1. The number of ether oxygens (including phenoxy) is 1. The van der Waals surface area contributed by atoms with E-state index in [4.69, 9.17) is 10.5 Å². The minimum atomic E-state index is 0.311. The number of rotatable bonds is 3. The van der Waals surface area contributed by atoms with Gasteiger partial charge in [0.15, 0.2) is 0 Å². The fourth-order valence-electron chi connectivity index (χ4n) is 2.89. The van der Waals surface area contributed by atoms with Crippen LogP contribution >= 0.6 is 0 Å². The van der Waals surface area contributed by atoms with E-state index in [1.165, 1.54) is 19.2 Å². The van der Waals surface area contributed by atoms with Crippen molar-refractivity contribution in [1.29, 1.82) is 0 Å². The van der Waals surface area contributed by atoms with Crippen LogP contribution in [0.3, 0.4) is 0 Å². The van der Waals surface area contributed by atoms with Crippen LogP contribution in [-0.4, -0.2) is 46.1 Å². The normalized spacial score (nSPS) is 29.8. The van der Waals surface area contributed by atoms with E-state index in [9.17, 15) is 0 Å². The van der Waals surface area contributed by atoms with Crippen molar-refractivity contribution in [2.75, 3.05) is 13.1 Å². The summed E-state index contributed by atoms with van der Waals surface area (Å²) in [6.07, 6.45) is 8.20. The lowest BCUT2D eigenvalue weighted by molar-refractivity contribution is 0.0402. The number of nitrogens with zero attached hydrogens (tertiary/aromatic N) is 3. The van der Waals surface area contributed by atoms with Gasteiger partial charge in [0.05, 0.1) is 0 Å². The van der Waals surface area contributed by atoms with Crippen molar-refractivity contribution in [3.05, 3.63) is 18.6 Å². The van der Waals surface area contributed by atoms with Gasteiger partial charge in [-0.15, -0.1) is 0 Å². The van der Waals surface area contributed by atoms with Gasteiger partial charge in [-0.2, -0.15) is 0 Å². The Labute approximate surface area is 107 Å². The second kappa shape index (κ2) is 5.20. The van der Waals surface area contributed by atoms with Crippen LogP contribution in [0.2, 0.25) is 0 Å². The minimum absolute atomic E-state index is 0.311. The summed E-state index contributed by atoms with van der Waals surface area (Å²) in [6, 6.07) is 2.94. The van der Waals surface area contributed by atoms with Crippen LogP contribution in [0.4, 0.5) is 0 Å². The molecule has 3 rings (SSSR count). The van der Waals surface area contributed by atoms with E-state index in [0.717, 1.165) is 32.0 Å². The first-order valence-corrected chi connectivity index (χ1v) is 6.73. The molecule has 0 bridgehead atoms. The Morgan fingerprint density at radius 1 is 1.22 bits per heavy atom. The molecule has 0 atom stereocenters. The highest BCUT2D eigenvalue weighted by Gasteiger charge is 2.33. The topological polar surface area (TPSA) is 64.3 Å². The number of hydrogen-bond donors (Lipinski definition) is 1. The molecule has 1 aliphatic heterocycles. The van der Waals surface area contributed by atoms with E-state index in [0.29, 0.717) is 18.0 Å². The monoisotopic (exact) mass is 248 g/mol. The van der Waals surface area contributed by atoms with Crippen LogP contribution in [0.25, 0.3) is 0 Å². The molecule has 1 aromatic heterocycles. The summed E-state index contributed by atoms with van der Waals surface area (Å²) in [6.45, 7) is 2.14. The average Bonchev–Trinajstić information content (AvgIpc) is 2.38. The summed E-state index contributed by atoms with van der Waals surface area (Å²) in [5.74, 6) is 0.694. The maximum Gasteiger partial charge on any atom is 0.216 e. The van der Waals surface area contributed by atoms with Crippen LogP contribution in [0, 0.1) is 0 Å². The summed E-state index contributed by atoms with van der Waals surface area (Å²) in [7, 11) is 0. The van der Waals surface area contributed by atoms with Crippen molar-refractivity contribution in [2.45, 2.75) is 43.9 Å². The van der Waals surface area contributed by atoms with Crippen molar-refractivity contribution in [1.82, 2.24) is 14.9 Å². The molecule has 5 heteroatoms. The van der Waals surface area contributed by atoms with Gasteiger partial charge in [-0.1, -0.05) is 0 Å². The molecule has 98 valence electrons. The molecule has 18 heavy (non-hydrogen) atoms. The van der Waals surface area contributed by atoms with Gasteiger partial charge in [0.1, 0.15) is 12.4 Å². The predicted octanol–water partition coefficient (Wildman–Crippen LogP) is 0.809. The first-order valence-electron chi connectivity index (χ1n) is 6.73. The third-order valence-electron chi connectivity index (χ3n) is 3.94. The molecule has 2 heterocycles. The third-order valence-corrected chi connectivity index (χ3v) is 3.94. The van der Waals surface area contributed by atoms with E-state index in [1.54, 1.807) is 6.20 Å². The molecule has 0 aromatic carbocycles. The average molecular weight is 248 g/mol. The van der Waals surface area contributed by atoms with Gasteiger partial charge in [0, 0.05) is 37.4 Å². The Kier molecular flexibility index (Phi) is 3.43. The first-order chi connectivity index (χ1) is 8.81. The number of nitrogens with two attached hydrogens (primary N) is 1. The fraction of sp³-hybridized carbons (Fsp3) is 0.692. The van der Waals surface area contributed by atoms with Crippen molar-refractivity contribution < 1.29 is 4.74 Å². The van der Waals surface area contributed by atoms with E-state index in [2.05, 4.69) is 14.9 Å². The summed E-state index contributed by atoms with van der Waals surface area (Å²) in [4.78, 5) is 10.5. The Morgan fingerprint density at radius 2 is 2.00 bits per heavy atom. The third kappa shape index (κ3) is 2.62. The maximum atomic E-state index is 5.86. The molecular formula is C13H20N4O. The zero-order chi connectivity index (χ0) is 12.4. The minimum Gasteiger partial charge on any atom is -0.474 e. The van der Waals surface area contributed by atoms with Crippen molar-refractivity contribution in [3.8, 4) is 5.88 Å². The number of likely N-dealkylation sites (tertiary alicyclic amines) is 1. The summed E-state index contributed by atoms with van der Waals surface area (Å²) < 4.78 is 5.86. The van der Waals surface area contributed by atoms with Crippen LogP contribution < -0.4 is 10.5 Å². The van der Waals surface area contributed by atoms with Crippen LogP contribution in [-0.2, 0) is 0 Å². The fourth-order valence-corrected chi connectivity index (χ4v) is 2.89. The quantitative estimate of drug-likeness (QED) is 0.857. The van der Waals surface area contributed by atoms with E-state index >= 15 is 0 Å². The number of hydrogen-bond acceptors (Lipinski definition) is 5. The molecule has 1 aromatic rings. The van der Waals surface area contributed by atoms with Crippen LogP contribution in [0.15, 0.2) is 18.6 Å². The van der Waals surface area contributed by atoms with Gasteiger partial charge >= 0.3 is 0 Å². The molecule has 2 N–H and O–H groups in total. The van der Waals surface area contributed by atoms with Gasteiger partial charge in [0.2, 0.25) is 5.88 Å². The first kappa shape index (κ1) is 11.9. The Bertz CT molecular complexity index is 372. The number of aromatic nitrogens is 2. The zero-order valence-corrected chi connectivity index (χ0v) is 10.5. The Hall–Kier alpha value is -1.20. The zero-order valence-electron chi connectivity index (χ0n) is 10.5. The molecule has 5 nitrogen and oxygen atoms in total. The molecule has 0 amide bonds. The van der Waals surface area contributed by atoms with Crippen molar-refractivity contribution >= 4 is 0 Å². The standard InChI is InChI=1S/C13H20N4O/c14-10-7-17(8-10)11-1-3-12(4-2-11)18-13-5-6-15-9-16-13/h5-6,9-12H,1-4,7-8,14H2. The molecular weight excluding hydrogens is 228 g/mol. The Morgan fingerprint density at radius 3 is 2.61 bits per heavy atom.